The first kappa shape index (κ1) is 19.6. The molecule has 1 aromatic carbocycles. The molecule has 0 aliphatic carbocycles. The van der Waals surface area contributed by atoms with Crippen LogP contribution in [0.3, 0.4) is 0 Å². The van der Waals surface area contributed by atoms with Crippen LogP contribution in [-0.4, -0.2) is 32.4 Å². The summed E-state index contributed by atoms with van der Waals surface area (Å²) in [6.07, 6.45) is 5.02. The predicted molar refractivity (Wildman–Crippen MR) is 99.0 cm³/mol. The number of carbonyl (C=O) groups is 2. The number of hydrogen-bond donors (Lipinski definition) is 3. The Labute approximate surface area is 154 Å². The third-order valence-corrected chi connectivity index (χ3v) is 4.09. The van der Waals surface area contributed by atoms with Crippen LogP contribution in [0.5, 0.6) is 5.75 Å². The molecule has 1 atom stereocenters. The molecule has 0 aromatic heterocycles. The maximum atomic E-state index is 11.9. The molecule has 1 aromatic rings. The van der Waals surface area contributed by atoms with Gasteiger partial charge in [-0.3, -0.25) is 0 Å². The summed E-state index contributed by atoms with van der Waals surface area (Å²) < 4.78 is 9.97. The SMILES string of the molecule is CCOC(=O)NCCCC/C=C1\C[C@@H](c2ccc(OC)cc2)NC(=O)N1. The number of allylic oxidation sites excluding steroid dienone is 1. The van der Waals surface area contributed by atoms with E-state index in [1.807, 2.05) is 24.3 Å². The lowest BCUT2D eigenvalue weighted by Gasteiger charge is -2.27. The lowest BCUT2D eigenvalue weighted by Crippen LogP contribution is -2.43. The Morgan fingerprint density at radius 1 is 1.31 bits per heavy atom. The van der Waals surface area contributed by atoms with Crippen LogP contribution in [0.25, 0.3) is 0 Å². The molecule has 3 N–H and O–H groups in total. The number of amides is 3. The number of ether oxygens (including phenoxy) is 2. The van der Waals surface area contributed by atoms with E-state index in [4.69, 9.17) is 9.47 Å². The van der Waals surface area contributed by atoms with Crippen molar-refractivity contribution in [3.63, 3.8) is 0 Å². The zero-order valence-electron chi connectivity index (χ0n) is 15.3. The van der Waals surface area contributed by atoms with Crippen molar-refractivity contribution in [1.82, 2.24) is 16.0 Å². The van der Waals surface area contributed by atoms with Crippen molar-refractivity contribution in [2.24, 2.45) is 0 Å². The standard InChI is InChI=1S/C19H27N3O4/c1-3-26-19(24)20-12-6-4-5-7-15-13-17(22-18(23)21-15)14-8-10-16(25-2)11-9-14/h7-11,17H,3-6,12-13H2,1-2H3,(H,20,24)(H2,21,22,23)/b15-7+/t17-/m0/s1. The number of rotatable bonds is 8. The van der Waals surface area contributed by atoms with Crippen molar-refractivity contribution >= 4 is 12.1 Å². The van der Waals surface area contributed by atoms with Crippen LogP contribution in [0.2, 0.25) is 0 Å². The highest BCUT2D eigenvalue weighted by Gasteiger charge is 2.22. The molecule has 0 spiro atoms. The highest BCUT2D eigenvalue weighted by atomic mass is 16.5. The van der Waals surface area contributed by atoms with E-state index in [0.717, 1.165) is 42.7 Å². The summed E-state index contributed by atoms with van der Waals surface area (Å²) in [6.45, 7) is 2.74. The topological polar surface area (TPSA) is 88.7 Å². The Hall–Kier alpha value is -2.70. The summed E-state index contributed by atoms with van der Waals surface area (Å²) in [7, 11) is 1.63. The largest absolute Gasteiger partial charge is 0.497 e. The van der Waals surface area contributed by atoms with Gasteiger partial charge in [-0.25, -0.2) is 9.59 Å². The Morgan fingerprint density at radius 2 is 2.08 bits per heavy atom. The predicted octanol–water partition coefficient (Wildman–Crippen LogP) is 3.24. The summed E-state index contributed by atoms with van der Waals surface area (Å²) in [5.41, 5.74) is 1.97. The van der Waals surface area contributed by atoms with E-state index < -0.39 is 0 Å². The van der Waals surface area contributed by atoms with E-state index in [1.165, 1.54) is 0 Å². The van der Waals surface area contributed by atoms with E-state index in [0.29, 0.717) is 13.2 Å². The molecule has 2 rings (SSSR count). The molecule has 1 aliphatic rings. The molecule has 0 saturated carbocycles. The van der Waals surface area contributed by atoms with Gasteiger partial charge in [-0.05, 0) is 43.9 Å². The van der Waals surface area contributed by atoms with Gasteiger partial charge in [0.15, 0.2) is 0 Å². The van der Waals surface area contributed by atoms with Gasteiger partial charge in [-0.1, -0.05) is 18.2 Å². The molecule has 7 heteroatoms. The van der Waals surface area contributed by atoms with Gasteiger partial charge in [0.2, 0.25) is 0 Å². The molecule has 142 valence electrons. The van der Waals surface area contributed by atoms with Crippen LogP contribution in [0, 0.1) is 0 Å². The second-order valence-electron chi connectivity index (χ2n) is 6.00. The molecular formula is C19H27N3O4. The van der Waals surface area contributed by atoms with Crippen molar-refractivity contribution in [3.8, 4) is 5.75 Å². The van der Waals surface area contributed by atoms with Crippen LogP contribution < -0.4 is 20.7 Å². The fourth-order valence-electron chi connectivity index (χ4n) is 2.75. The third-order valence-electron chi connectivity index (χ3n) is 4.09. The molecule has 1 fully saturated rings. The smallest absolute Gasteiger partial charge is 0.407 e. The Morgan fingerprint density at radius 3 is 2.77 bits per heavy atom. The van der Waals surface area contributed by atoms with Crippen LogP contribution in [-0.2, 0) is 4.74 Å². The Kier molecular flexibility index (Phi) is 7.79. The maximum Gasteiger partial charge on any atom is 0.407 e. The molecular weight excluding hydrogens is 334 g/mol. The summed E-state index contributed by atoms with van der Waals surface area (Å²) >= 11 is 0. The summed E-state index contributed by atoms with van der Waals surface area (Å²) in [5, 5.41) is 8.50. The fraction of sp³-hybridized carbons (Fsp3) is 0.474. The zero-order chi connectivity index (χ0) is 18.8. The molecule has 0 unspecified atom stereocenters. The van der Waals surface area contributed by atoms with E-state index in [-0.39, 0.29) is 18.2 Å². The average Bonchev–Trinajstić information content (AvgIpc) is 2.64. The molecule has 1 heterocycles. The Balaban J connectivity index is 1.78. The molecule has 1 aliphatic heterocycles. The third kappa shape index (κ3) is 6.31. The van der Waals surface area contributed by atoms with E-state index in [1.54, 1.807) is 14.0 Å². The highest BCUT2D eigenvalue weighted by molar-refractivity contribution is 5.77. The zero-order valence-corrected chi connectivity index (χ0v) is 15.3. The number of unbranched alkanes of at least 4 members (excludes halogenated alkanes) is 2. The van der Waals surface area contributed by atoms with Crippen molar-refractivity contribution in [1.29, 1.82) is 0 Å². The molecule has 1 saturated heterocycles. The molecule has 26 heavy (non-hydrogen) atoms. The second kappa shape index (κ2) is 10.3. The number of hydrogen-bond acceptors (Lipinski definition) is 4. The first-order chi connectivity index (χ1) is 12.6. The molecule has 0 radical (unpaired) electrons. The number of urea groups is 1. The average molecular weight is 361 g/mol. The van der Waals surface area contributed by atoms with Gasteiger partial charge in [0.1, 0.15) is 5.75 Å². The number of benzene rings is 1. The second-order valence-corrected chi connectivity index (χ2v) is 6.00. The van der Waals surface area contributed by atoms with Gasteiger partial charge < -0.3 is 25.4 Å². The van der Waals surface area contributed by atoms with Gasteiger partial charge in [0.05, 0.1) is 19.8 Å². The van der Waals surface area contributed by atoms with Crippen molar-refractivity contribution in [2.75, 3.05) is 20.3 Å². The van der Waals surface area contributed by atoms with Crippen LogP contribution in [0.4, 0.5) is 9.59 Å². The number of alkyl carbamates (subject to hydrolysis) is 1. The number of nitrogens with one attached hydrogen (secondary N) is 3. The van der Waals surface area contributed by atoms with Gasteiger partial charge in [-0.15, -0.1) is 0 Å². The van der Waals surface area contributed by atoms with Crippen molar-refractivity contribution in [2.45, 2.75) is 38.6 Å². The van der Waals surface area contributed by atoms with E-state index in [9.17, 15) is 9.59 Å². The van der Waals surface area contributed by atoms with Crippen LogP contribution >= 0.6 is 0 Å². The van der Waals surface area contributed by atoms with Gasteiger partial charge >= 0.3 is 12.1 Å². The van der Waals surface area contributed by atoms with Crippen LogP contribution in [0.15, 0.2) is 36.0 Å². The van der Waals surface area contributed by atoms with Crippen molar-refractivity contribution < 1.29 is 19.1 Å². The highest BCUT2D eigenvalue weighted by Crippen LogP contribution is 2.25. The molecule has 3 amide bonds. The fourth-order valence-corrected chi connectivity index (χ4v) is 2.75. The lowest BCUT2D eigenvalue weighted by molar-refractivity contribution is 0.152. The summed E-state index contributed by atoms with van der Waals surface area (Å²) in [5.74, 6) is 0.793. The van der Waals surface area contributed by atoms with E-state index in [2.05, 4.69) is 22.0 Å². The van der Waals surface area contributed by atoms with Gasteiger partial charge in [-0.2, -0.15) is 0 Å². The monoisotopic (exact) mass is 361 g/mol. The van der Waals surface area contributed by atoms with E-state index >= 15 is 0 Å². The van der Waals surface area contributed by atoms with Gasteiger partial charge in [0, 0.05) is 18.7 Å². The minimum absolute atomic E-state index is 0.0496. The number of carbonyl (C=O) groups excluding carboxylic acids is 2. The lowest BCUT2D eigenvalue weighted by atomic mass is 9.99. The number of methoxy groups -OCH3 is 1. The minimum Gasteiger partial charge on any atom is -0.497 e. The molecule has 7 nitrogen and oxygen atoms in total. The first-order valence-electron chi connectivity index (χ1n) is 8.93. The summed E-state index contributed by atoms with van der Waals surface area (Å²) in [6, 6.07) is 7.48. The normalized spacial score (nSPS) is 18.0. The van der Waals surface area contributed by atoms with Crippen molar-refractivity contribution in [3.05, 3.63) is 41.6 Å². The summed E-state index contributed by atoms with van der Waals surface area (Å²) in [4.78, 5) is 23.1. The first-order valence-corrected chi connectivity index (χ1v) is 8.93. The Bertz CT molecular complexity index is 628. The minimum atomic E-state index is -0.376. The van der Waals surface area contributed by atoms with Crippen LogP contribution in [0.1, 0.15) is 44.2 Å². The maximum absolute atomic E-state index is 11.9. The quantitative estimate of drug-likeness (QED) is 0.620. The van der Waals surface area contributed by atoms with Gasteiger partial charge in [0.25, 0.3) is 0 Å². The molecule has 0 bridgehead atoms.